The number of aliphatic imine (C=N–C) groups is 1. The predicted octanol–water partition coefficient (Wildman–Crippen LogP) is -0.940. The van der Waals surface area contributed by atoms with Crippen molar-refractivity contribution in [3.8, 4) is 0 Å². The predicted molar refractivity (Wildman–Crippen MR) is 37.7 cm³/mol. The maximum Gasteiger partial charge on any atom is 0.189 e. The van der Waals surface area contributed by atoms with E-state index in [4.69, 9.17) is 10.5 Å². The van der Waals surface area contributed by atoms with Gasteiger partial charge in [-0.05, 0) is 6.92 Å². The minimum absolute atomic E-state index is 0.221. The highest BCUT2D eigenvalue weighted by atomic mass is 16.5. The van der Waals surface area contributed by atoms with E-state index in [9.17, 15) is 0 Å². The number of rotatable bonds is 0. The molecule has 2 aliphatic rings. The number of guanidine groups is 1. The summed E-state index contributed by atoms with van der Waals surface area (Å²) in [5.41, 5.74) is 5.47. The van der Waals surface area contributed by atoms with Crippen LogP contribution in [0.15, 0.2) is 4.99 Å². The van der Waals surface area contributed by atoms with E-state index in [-0.39, 0.29) is 12.1 Å². The van der Waals surface area contributed by atoms with Crippen LogP contribution in [-0.4, -0.2) is 30.8 Å². The van der Waals surface area contributed by atoms with Gasteiger partial charge in [0.15, 0.2) is 5.96 Å². The van der Waals surface area contributed by atoms with Crippen molar-refractivity contribution < 1.29 is 4.74 Å². The molecule has 2 aliphatic heterocycles. The van der Waals surface area contributed by atoms with Crippen molar-refractivity contribution in [2.75, 3.05) is 6.61 Å². The van der Waals surface area contributed by atoms with Gasteiger partial charge in [0.2, 0.25) is 0 Å². The number of fused-ring (bicyclic) bond motifs is 1. The smallest absolute Gasteiger partial charge is 0.189 e. The van der Waals surface area contributed by atoms with Gasteiger partial charge in [0.25, 0.3) is 0 Å². The third-order valence-corrected chi connectivity index (χ3v) is 2.05. The number of nitrogens with zero attached hydrogens (tertiary/aromatic N) is 1. The van der Waals surface area contributed by atoms with E-state index in [1.54, 1.807) is 0 Å². The fraction of sp³-hybridized carbons (Fsp3) is 0.833. The molecule has 4 nitrogen and oxygen atoms in total. The molecule has 0 aromatic carbocycles. The molecular weight excluding hydrogens is 130 g/mol. The fourth-order valence-corrected chi connectivity index (χ4v) is 1.49. The molecule has 0 spiro atoms. The zero-order valence-corrected chi connectivity index (χ0v) is 5.87. The van der Waals surface area contributed by atoms with Crippen molar-refractivity contribution in [3.63, 3.8) is 0 Å². The van der Waals surface area contributed by atoms with Crippen LogP contribution in [0.1, 0.15) is 6.92 Å². The molecule has 1 fully saturated rings. The Bertz CT molecular complexity index is 180. The lowest BCUT2D eigenvalue weighted by atomic mass is 10.1. The van der Waals surface area contributed by atoms with Crippen LogP contribution in [0.2, 0.25) is 0 Å². The van der Waals surface area contributed by atoms with Crippen LogP contribution in [0.4, 0.5) is 0 Å². The standard InChI is InChI=1S/C6H11N3O/c1-3-5-4(2-10-3)8-6(7)9-5/h3-5H,2H2,1H3,(H3,7,8,9)/t3?,4-,5+/m0/s1. The first-order valence-electron chi connectivity index (χ1n) is 3.49. The Kier molecular flexibility index (Phi) is 1.11. The minimum Gasteiger partial charge on any atom is -0.374 e. The molecule has 2 heterocycles. The first-order valence-corrected chi connectivity index (χ1v) is 3.49. The van der Waals surface area contributed by atoms with E-state index in [0.717, 1.165) is 6.61 Å². The highest BCUT2D eigenvalue weighted by molar-refractivity contribution is 5.80. The van der Waals surface area contributed by atoms with Gasteiger partial charge in [-0.1, -0.05) is 0 Å². The molecule has 0 amide bonds. The summed E-state index contributed by atoms with van der Waals surface area (Å²) in [6, 6.07) is 0.579. The van der Waals surface area contributed by atoms with Gasteiger partial charge < -0.3 is 15.8 Å². The molecule has 4 heteroatoms. The summed E-state index contributed by atoms with van der Waals surface area (Å²) in [4.78, 5) is 4.19. The third-order valence-electron chi connectivity index (χ3n) is 2.05. The van der Waals surface area contributed by atoms with E-state index in [2.05, 4.69) is 10.3 Å². The Balaban J connectivity index is 2.16. The van der Waals surface area contributed by atoms with Crippen molar-refractivity contribution in [1.82, 2.24) is 5.32 Å². The van der Waals surface area contributed by atoms with Gasteiger partial charge in [-0.25, -0.2) is 4.99 Å². The van der Waals surface area contributed by atoms with Gasteiger partial charge in [-0.3, -0.25) is 0 Å². The molecule has 0 aromatic rings. The molecule has 3 atom stereocenters. The van der Waals surface area contributed by atoms with Crippen LogP contribution >= 0.6 is 0 Å². The first-order chi connectivity index (χ1) is 4.77. The molecule has 0 radical (unpaired) electrons. The van der Waals surface area contributed by atoms with Crippen LogP contribution in [0.3, 0.4) is 0 Å². The summed E-state index contributed by atoms with van der Waals surface area (Å²) in [5.74, 6) is 0.560. The SMILES string of the molecule is CC1OC[C@@H]2NC(N)=N[C@H]12. The number of hydrogen-bond donors (Lipinski definition) is 2. The molecule has 0 bridgehead atoms. The Morgan fingerprint density at radius 2 is 2.60 bits per heavy atom. The second-order valence-electron chi connectivity index (χ2n) is 2.79. The van der Waals surface area contributed by atoms with Crippen molar-refractivity contribution in [2.45, 2.75) is 25.1 Å². The zero-order valence-electron chi connectivity index (χ0n) is 5.87. The quantitative estimate of drug-likeness (QED) is 0.457. The summed E-state index contributed by atoms with van der Waals surface area (Å²) < 4.78 is 5.34. The lowest BCUT2D eigenvalue weighted by molar-refractivity contribution is 0.116. The highest BCUT2D eigenvalue weighted by Crippen LogP contribution is 2.20. The van der Waals surface area contributed by atoms with E-state index in [1.165, 1.54) is 0 Å². The monoisotopic (exact) mass is 141 g/mol. The van der Waals surface area contributed by atoms with Crippen molar-refractivity contribution in [3.05, 3.63) is 0 Å². The maximum atomic E-state index is 5.47. The molecule has 0 saturated carbocycles. The van der Waals surface area contributed by atoms with Gasteiger partial charge >= 0.3 is 0 Å². The van der Waals surface area contributed by atoms with Crippen molar-refractivity contribution in [2.24, 2.45) is 10.7 Å². The van der Waals surface area contributed by atoms with Crippen molar-refractivity contribution >= 4 is 5.96 Å². The maximum absolute atomic E-state index is 5.47. The van der Waals surface area contributed by atoms with Crippen LogP contribution in [0, 0.1) is 0 Å². The lowest BCUT2D eigenvalue weighted by Crippen LogP contribution is -2.37. The molecule has 56 valence electrons. The molecule has 1 saturated heterocycles. The topological polar surface area (TPSA) is 59.6 Å². The Hall–Kier alpha value is -0.770. The summed E-state index contributed by atoms with van der Waals surface area (Å²) in [5, 5.41) is 3.05. The van der Waals surface area contributed by atoms with E-state index >= 15 is 0 Å². The average molecular weight is 141 g/mol. The van der Waals surface area contributed by atoms with Crippen LogP contribution in [-0.2, 0) is 4.74 Å². The molecule has 0 aliphatic carbocycles. The molecule has 0 aromatic heterocycles. The first kappa shape index (κ1) is 5.97. The second kappa shape index (κ2) is 1.85. The van der Waals surface area contributed by atoms with Gasteiger partial charge in [-0.15, -0.1) is 0 Å². The van der Waals surface area contributed by atoms with E-state index in [0.29, 0.717) is 12.0 Å². The average Bonchev–Trinajstić information content (AvgIpc) is 2.35. The summed E-state index contributed by atoms with van der Waals surface area (Å²) >= 11 is 0. The normalized spacial score (nSPS) is 44.5. The van der Waals surface area contributed by atoms with Crippen molar-refractivity contribution in [1.29, 1.82) is 0 Å². The van der Waals surface area contributed by atoms with Crippen LogP contribution in [0.5, 0.6) is 0 Å². The lowest BCUT2D eigenvalue weighted by Gasteiger charge is -2.06. The van der Waals surface area contributed by atoms with E-state index in [1.807, 2.05) is 6.92 Å². The van der Waals surface area contributed by atoms with Crippen LogP contribution < -0.4 is 11.1 Å². The molecule has 2 rings (SSSR count). The van der Waals surface area contributed by atoms with Gasteiger partial charge in [0.1, 0.15) is 6.04 Å². The molecule has 3 N–H and O–H groups in total. The van der Waals surface area contributed by atoms with Gasteiger partial charge in [0, 0.05) is 0 Å². The highest BCUT2D eigenvalue weighted by Gasteiger charge is 2.38. The number of ether oxygens (including phenoxy) is 1. The molecule has 10 heavy (non-hydrogen) atoms. The van der Waals surface area contributed by atoms with E-state index < -0.39 is 0 Å². The fourth-order valence-electron chi connectivity index (χ4n) is 1.49. The zero-order chi connectivity index (χ0) is 7.14. The summed E-state index contributed by atoms with van der Waals surface area (Å²) in [7, 11) is 0. The van der Waals surface area contributed by atoms with Crippen LogP contribution in [0.25, 0.3) is 0 Å². The third kappa shape index (κ3) is 0.686. The molecular formula is C6H11N3O. The molecule has 1 unspecified atom stereocenters. The van der Waals surface area contributed by atoms with Gasteiger partial charge in [-0.2, -0.15) is 0 Å². The Labute approximate surface area is 59.5 Å². The number of nitrogens with two attached hydrogens (primary N) is 1. The minimum atomic E-state index is 0.221. The summed E-state index contributed by atoms with van der Waals surface area (Å²) in [6.45, 7) is 2.75. The summed E-state index contributed by atoms with van der Waals surface area (Å²) in [6.07, 6.45) is 0.221. The van der Waals surface area contributed by atoms with Gasteiger partial charge in [0.05, 0.1) is 18.8 Å². The number of nitrogens with one attached hydrogen (secondary N) is 1. The second-order valence-corrected chi connectivity index (χ2v) is 2.79. The largest absolute Gasteiger partial charge is 0.374 e. The Morgan fingerprint density at radius 3 is 3.30 bits per heavy atom. The Morgan fingerprint density at radius 1 is 1.80 bits per heavy atom. The number of hydrogen-bond acceptors (Lipinski definition) is 4.